The molecule has 0 saturated carbocycles. The molecule has 1 unspecified atom stereocenters. The summed E-state index contributed by atoms with van der Waals surface area (Å²) in [4.78, 5) is 12.4. The molecule has 33 heavy (non-hydrogen) atoms. The molecule has 0 bridgehead atoms. The molecule has 0 aliphatic carbocycles. The lowest BCUT2D eigenvalue weighted by Gasteiger charge is -2.11. The molecule has 0 amide bonds. The maximum atomic E-state index is 12.4. The number of benzene rings is 2. The van der Waals surface area contributed by atoms with Gasteiger partial charge >= 0.3 is 5.97 Å². The van der Waals surface area contributed by atoms with Gasteiger partial charge in [0.05, 0.1) is 18.8 Å². The normalized spacial score (nSPS) is 11.6. The van der Waals surface area contributed by atoms with Gasteiger partial charge in [0.1, 0.15) is 17.2 Å². The van der Waals surface area contributed by atoms with Gasteiger partial charge in [-0.15, -0.1) is 6.58 Å². The Bertz CT molecular complexity index is 795. The average Bonchev–Trinajstić information content (AvgIpc) is 2.85. The second-order valence-corrected chi connectivity index (χ2v) is 8.61. The van der Waals surface area contributed by atoms with Crippen LogP contribution in [0.15, 0.2) is 61.2 Å². The van der Waals surface area contributed by atoms with Crippen molar-refractivity contribution in [3.63, 3.8) is 0 Å². The zero-order chi connectivity index (χ0) is 23.7. The Balaban J connectivity index is 1.64. The fraction of sp³-hybridized carbons (Fsp3) is 0.483. The van der Waals surface area contributed by atoms with E-state index in [4.69, 9.17) is 14.2 Å². The van der Waals surface area contributed by atoms with Gasteiger partial charge in [-0.05, 0) is 73.7 Å². The Morgan fingerprint density at radius 2 is 1.36 bits per heavy atom. The summed E-state index contributed by atoms with van der Waals surface area (Å²) in [6.07, 6.45) is 12.9. The van der Waals surface area contributed by atoms with Gasteiger partial charge in [0.15, 0.2) is 0 Å². The van der Waals surface area contributed by atoms with Crippen LogP contribution in [0, 0.1) is 5.92 Å². The highest BCUT2D eigenvalue weighted by Crippen LogP contribution is 2.20. The van der Waals surface area contributed by atoms with Crippen LogP contribution in [0.25, 0.3) is 0 Å². The first-order valence-electron chi connectivity index (χ1n) is 12.4. The number of hydrogen-bond acceptors (Lipinski definition) is 4. The Morgan fingerprint density at radius 3 is 2.00 bits per heavy atom. The number of hydrogen-bond donors (Lipinski definition) is 0. The van der Waals surface area contributed by atoms with Crippen molar-refractivity contribution >= 4 is 5.97 Å². The number of rotatable bonds is 17. The number of carbonyl (C=O) groups excluding carboxylic acids is 1. The van der Waals surface area contributed by atoms with Crippen LogP contribution < -0.4 is 14.2 Å². The number of allylic oxidation sites excluding steroid dienone is 1. The van der Waals surface area contributed by atoms with Crippen molar-refractivity contribution < 1.29 is 19.0 Å². The molecule has 0 fully saturated rings. The second-order valence-electron chi connectivity index (χ2n) is 8.61. The number of unbranched alkanes of at least 4 members (excludes halogenated alkanes) is 7. The van der Waals surface area contributed by atoms with E-state index in [9.17, 15) is 4.79 Å². The van der Waals surface area contributed by atoms with E-state index in [1.807, 2.05) is 30.3 Å². The van der Waals surface area contributed by atoms with Gasteiger partial charge < -0.3 is 14.2 Å². The third-order valence-electron chi connectivity index (χ3n) is 5.68. The Hall–Kier alpha value is -2.75. The standard InChI is InChI=1S/C29H40O4/c1-4-6-7-8-9-10-11-12-13-22-31-26-16-14-25(15-17-26)29(30)33-28-20-18-27(19-21-28)32-23-24(3)5-2/h4,14-21,24H,1,5-13,22-23H2,2-3H3. The third-order valence-corrected chi connectivity index (χ3v) is 5.68. The first-order valence-corrected chi connectivity index (χ1v) is 12.4. The molecule has 180 valence electrons. The molecule has 4 nitrogen and oxygen atoms in total. The van der Waals surface area contributed by atoms with Crippen LogP contribution in [-0.4, -0.2) is 19.2 Å². The summed E-state index contributed by atoms with van der Waals surface area (Å²) in [5.74, 6) is 2.18. The van der Waals surface area contributed by atoms with E-state index >= 15 is 0 Å². The van der Waals surface area contributed by atoms with Gasteiger partial charge in [-0.1, -0.05) is 58.4 Å². The minimum absolute atomic E-state index is 0.386. The molecule has 0 aliphatic heterocycles. The van der Waals surface area contributed by atoms with E-state index < -0.39 is 0 Å². The van der Waals surface area contributed by atoms with Gasteiger partial charge in [-0.25, -0.2) is 4.79 Å². The lowest BCUT2D eigenvalue weighted by atomic mass is 10.1. The highest BCUT2D eigenvalue weighted by molar-refractivity contribution is 5.91. The van der Waals surface area contributed by atoms with Crippen LogP contribution in [0.2, 0.25) is 0 Å². The van der Waals surface area contributed by atoms with E-state index in [1.165, 1.54) is 38.5 Å². The minimum atomic E-state index is -0.386. The molecule has 4 heteroatoms. The lowest BCUT2D eigenvalue weighted by Crippen LogP contribution is -2.09. The van der Waals surface area contributed by atoms with Gasteiger partial charge in [0, 0.05) is 0 Å². The van der Waals surface area contributed by atoms with Crippen molar-refractivity contribution in [2.75, 3.05) is 13.2 Å². The predicted molar refractivity (Wildman–Crippen MR) is 135 cm³/mol. The van der Waals surface area contributed by atoms with Gasteiger partial charge in [-0.2, -0.15) is 0 Å². The van der Waals surface area contributed by atoms with Crippen molar-refractivity contribution in [2.24, 2.45) is 5.92 Å². The number of carbonyl (C=O) groups is 1. The zero-order valence-corrected chi connectivity index (χ0v) is 20.4. The van der Waals surface area contributed by atoms with Crippen LogP contribution in [0.5, 0.6) is 17.2 Å². The molecule has 0 heterocycles. The van der Waals surface area contributed by atoms with Crippen LogP contribution in [0.4, 0.5) is 0 Å². The summed E-state index contributed by atoms with van der Waals surface area (Å²) in [7, 11) is 0. The van der Waals surface area contributed by atoms with E-state index in [2.05, 4.69) is 20.4 Å². The monoisotopic (exact) mass is 452 g/mol. The molecule has 0 aromatic heterocycles. The smallest absolute Gasteiger partial charge is 0.343 e. The van der Waals surface area contributed by atoms with Crippen molar-refractivity contribution in [1.82, 2.24) is 0 Å². The van der Waals surface area contributed by atoms with Gasteiger partial charge in [0.2, 0.25) is 0 Å². The summed E-state index contributed by atoms with van der Waals surface area (Å²) in [5, 5.41) is 0. The minimum Gasteiger partial charge on any atom is -0.494 e. The Kier molecular flexibility index (Phi) is 12.8. The first kappa shape index (κ1) is 26.5. The Morgan fingerprint density at radius 1 is 0.818 bits per heavy atom. The highest BCUT2D eigenvalue weighted by Gasteiger charge is 2.09. The molecule has 0 radical (unpaired) electrons. The first-order chi connectivity index (χ1) is 16.1. The van der Waals surface area contributed by atoms with Crippen molar-refractivity contribution in [1.29, 1.82) is 0 Å². The van der Waals surface area contributed by atoms with E-state index in [1.54, 1.807) is 24.3 Å². The van der Waals surface area contributed by atoms with E-state index in [-0.39, 0.29) is 5.97 Å². The van der Waals surface area contributed by atoms with Crippen LogP contribution in [0.3, 0.4) is 0 Å². The molecular formula is C29H40O4. The van der Waals surface area contributed by atoms with Crippen LogP contribution in [-0.2, 0) is 0 Å². The fourth-order valence-electron chi connectivity index (χ4n) is 3.28. The Labute approximate surface area is 200 Å². The lowest BCUT2D eigenvalue weighted by molar-refractivity contribution is 0.0734. The molecular weight excluding hydrogens is 412 g/mol. The number of ether oxygens (including phenoxy) is 3. The maximum Gasteiger partial charge on any atom is 0.343 e. The average molecular weight is 453 g/mol. The van der Waals surface area contributed by atoms with E-state index in [0.29, 0.717) is 30.4 Å². The fourth-order valence-corrected chi connectivity index (χ4v) is 3.28. The van der Waals surface area contributed by atoms with E-state index in [0.717, 1.165) is 30.8 Å². The second kappa shape index (κ2) is 16.0. The molecule has 0 aliphatic rings. The molecule has 2 aromatic carbocycles. The molecule has 0 N–H and O–H groups in total. The number of esters is 1. The van der Waals surface area contributed by atoms with Crippen molar-refractivity contribution in [2.45, 2.75) is 71.6 Å². The maximum absolute atomic E-state index is 12.4. The van der Waals surface area contributed by atoms with Crippen LogP contribution in [0.1, 0.15) is 82.0 Å². The molecule has 0 spiro atoms. The van der Waals surface area contributed by atoms with Crippen molar-refractivity contribution in [3.05, 3.63) is 66.7 Å². The summed E-state index contributed by atoms with van der Waals surface area (Å²) in [6, 6.07) is 14.3. The SMILES string of the molecule is C=CCCCCCCCCCOc1ccc(C(=O)Oc2ccc(OCC(C)CC)cc2)cc1. The molecule has 2 rings (SSSR count). The molecule has 0 saturated heterocycles. The molecule has 2 aromatic rings. The highest BCUT2D eigenvalue weighted by atomic mass is 16.5. The topological polar surface area (TPSA) is 44.8 Å². The van der Waals surface area contributed by atoms with Crippen LogP contribution >= 0.6 is 0 Å². The quantitative estimate of drug-likeness (QED) is 0.105. The van der Waals surface area contributed by atoms with Crippen molar-refractivity contribution in [3.8, 4) is 17.2 Å². The third kappa shape index (κ3) is 11.1. The van der Waals surface area contributed by atoms with Gasteiger partial charge in [-0.3, -0.25) is 0 Å². The summed E-state index contributed by atoms with van der Waals surface area (Å²) in [5.41, 5.74) is 0.496. The molecule has 1 atom stereocenters. The predicted octanol–water partition coefficient (Wildman–Crippen LogP) is 8.02. The van der Waals surface area contributed by atoms with Gasteiger partial charge in [0.25, 0.3) is 0 Å². The summed E-state index contributed by atoms with van der Waals surface area (Å²) < 4.78 is 17.0. The largest absolute Gasteiger partial charge is 0.494 e. The zero-order valence-electron chi connectivity index (χ0n) is 20.4. The summed E-state index contributed by atoms with van der Waals surface area (Å²) in [6.45, 7) is 9.44. The summed E-state index contributed by atoms with van der Waals surface area (Å²) >= 11 is 0.